The van der Waals surface area contributed by atoms with E-state index < -0.39 is 18.3 Å². The highest BCUT2D eigenvalue weighted by Crippen LogP contribution is 1.98. The lowest BCUT2D eigenvalue weighted by molar-refractivity contribution is -0.128. The van der Waals surface area contributed by atoms with E-state index in [1.165, 1.54) is 0 Å². The van der Waals surface area contributed by atoms with Crippen LogP contribution in [0.5, 0.6) is 0 Å². The molecule has 0 spiro atoms. The number of carbonyl (C=O) groups is 1. The van der Waals surface area contributed by atoms with Crippen LogP contribution in [-0.2, 0) is 9.53 Å². The van der Waals surface area contributed by atoms with Crippen LogP contribution < -0.4 is 0 Å². The zero-order valence-corrected chi connectivity index (χ0v) is 5.88. The van der Waals surface area contributed by atoms with Crippen molar-refractivity contribution < 1.29 is 26.2 Å². The predicted molar refractivity (Wildman–Crippen MR) is 36.0 cm³/mol. The lowest BCUT2D eigenvalue weighted by Gasteiger charge is -2.17. The summed E-state index contributed by atoms with van der Waals surface area (Å²) < 4.78 is 11.0. The Kier molecular flexibility index (Phi) is 4.07. The molecule has 0 aromatic heterocycles. The van der Waals surface area contributed by atoms with Gasteiger partial charge >= 0.3 is 0 Å². The van der Waals surface area contributed by atoms with Gasteiger partial charge < -0.3 is 24.9 Å². The summed E-state index contributed by atoms with van der Waals surface area (Å²) in [6, 6.07) is 0. The number of ether oxygens (including phenoxy) is 1. The molecule has 11 heavy (non-hydrogen) atoms. The second-order valence-electron chi connectivity index (χ2n) is 2.06. The molecule has 5 nitrogen and oxygen atoms in total. The number of methoxy groups -OCH3 is 1. The minimum atomic E-state index is -1.62. The van der Waals surface area contributed by atoms with E-state index in [0.29, 0.717) is 0 Å². The molecule has 0 aromatic carbocycles. The Hall–Kier alpha value is -0.490. The molecule has 0 saturated carbocycles. The van der Waals surface area contributed by atoms with Gasteiger partial charge in [-0.25, -0.2) is 0 Å². The molecule has 0 aliphatic carbocycles. The molecule has 0 bridgehead atoms. The van der Waals surface area contributed by atoms with E-state index in [9.17, 15) is 4.79 Å². The van der Waals surface area contributed by atoms with Gasteiger partial charge in [-0.3, -0.25) is 0 Å². The van der Waals surface area contributed by atoms with Gasteiger partial charge in [0.25, 0.3) is 0 Å². The van der Waals surface area contributed by atoms with Crippen LogP contribution in [-0.4, -0.2) is 53.6 Å². The molecule has 0 aliphatic rings. The monoisotopic (exact) mass is 165 g/mol. The highest BCUT2D eigenvalue weighted by molar-refractivity contribution is 5.56. The van der Waals surface area contributed by atoms with E-state index in [4.69, 9.17) is 16.7 Å². The van der Waals surface area contributed by atoms with Crippen LogP contribution in [0.15, 0.2) is 0 Å². The highest BCUT2D eigenvalue weighted by atomic mass is 16.5. The molecular formula is C6H12O5. The first-order valence-corrected chi connectivity index (χ1v) is 3.00. The van der Waals surface area contributed by atoms with Crippen molar-refractivity contribution in [1.29, 1.82) is 0 Å². The minimum absolute atomic E-state index is 0.120. The predicted octanol–water partition coefficient (Wildman–Crippen LogP) is -2.09. The molecule has 3 N–H and O–H groups in total. The zero-order chi connectivity index (χ0) is 9.56. The molecule has 66 valence electrons. The van der Waals surface area contributed by atoms with Crippen molar-refractivity contribution in [3.63, 3.8) is 0 Å². The summed E-state index contributed by atoms with van der Waals surface area (Å²) >= 11 is 0. The third kappa shape index (κ3) is 3.43. The summed E-state index contributed by atoms with van der Waals surface area (Å²) in [5.74, 6) is 0. The van der Waals surface area contributed by atoms with Crippen LogP contribution >= 0.6 is 0 Å². The Morgan fingerprint density at radius 3 is 2.73 bits per heavy atom. The second kappa shape index (κ2) is 5.20. The van der Waals surface area contributed by atoms with E-state index in [-0.39, 0.29) is 20.0 Å². The van der Waals surface area contributed by atoms with Crippen LogP contribution in [0.4, 0.5) is 0 Å². The van der Waals surface area contributed by atoms with E-state index >= 15 is 0 Å². The van der Waals surface area contributed by atoms with Gasteiger partial charge in [-0.2, -0.15) is 0 Å². The summed E-state index contributed by atoms with van der Waals surface area (Å²) in [5.41, 5.74) is 0. The van der Waals surface area contributed by atoms with Crippen LogP contribution in [0.2, 0.25) is 0 Å². The van der Waals surface area contributed by atoms with E-state index in [1.54, 1.807) is 0 Å². The first kappa shape index (κ1) is 8.61. The first-order chi connectivity index (χ1) is 5.63. The fourth-order valence-electron chi connectivity index (χ4n) is 0.527. The maximum absolute atomic E-state index is 9.93. The lowest BCUT2D eigenvalue weighted by atomic mass is 10.1. The summed E-state index contributed by atoms with van der Waals surface area (Å²) in [7, 11) is -0.346. The summed E-state index contributed by atoms with van der Waals surface area (Å²) in [4.78, 5) is 9.93. The summed E-state index contributed by atoms with van der Waals surface area (Å²) in [5, 5.41) is 26.6. The molecular weight excluding hydrogens is 152 g/mol. The molecule has 0 radical (unpaired) electrons. The van der Waals surface area contributed by atoms with Gasteiger partial charge in [-0.15, -0.1) is 0 Å². The van der Waals surface area contributed by atoms with Crippen LogP contribution in [0, 0.1) is 0 Å². The number of hydrogen-bond acceptors (Lipinski definition) is 5. The largest absolute Gasteiger partial charge is 0.388 e. The average Bonchev–Trinajstić information content (AvgIpc) is 2.11. The molecule has 0 aliphatic heterocycles. The SMILES string of the molecule is [2H]COC[C@@H](O)[C@H](O)[C@@H](O)C=O. The number of aliphatic hydroxyl groups excluding tert-OH is 3. The Morgan fingerprint density at radius 2 is 2.27 bits per heavy atom. The van der Waals surface area contributed by atoms with Crippen molar-refractivity contribution in [2.45, 2.75) is 18.3 Å². The van der Waals surface area contributed by atoms with Gasteiger partial charge in [-0.1, -0.05) is 0 Å². The second-order valence-corrected chi connectivity index (χ2v) is 2.06. The smallest absolute Gasteiger partial charge is 0.151 e. The van der Waals surface area contributed by atoms with Gasteiger partial charge in [-0.05, 0) is 0 Å². The zero-order valence-electron chi connectivity index (χ0n) is 6.88. The Balaban J connectivity index is 3.74. The van der Waals surface area contributed by atoms with Crippen LogP contribution in [0.3, 0.4) is 0 Å². The van der Waals surface area contributed by atoms with Crippen molar-refractivity contribution >= 4 is 6.29 Å². The fraction of sp³-hybridized carbons (Fsp3) is 0.833. The quantitative estimate of drug-likeness (QED) is 0.407. The minimum Gasteiger partial charge on any atom is -0.388 e. The Bertz CT molecular complexity index is 131. The summed E-state index contributed by atoms with van der Waals surface area (Å²) in [6.45, 7) is -0.282. The molecule has 0 fully saturated rings. The number of aldehydes is 1. The fourth-order valence-corrected chi connectivity index (χ4v) is 0.527. The number of aliphatic hydroxyl groups is 3. The number of carbonyl (C=O) groups excluding carboxylic acids is 1. The average molecular weight is 165 g/mol. The van der Waals surface area contributed by atoms with Crippen molar-refractivity contribution in [1.82, 2.24) is 0 Å². The molecule has 0 amide bonds. The normalized spacial score (nSPS) is 20.1. The molecule has 5 heteroatoms. The van der Waals surface area contributed by atoms with Crippen LogP contribution in [0.25, 0.3) is 0 Å². The number of rotatable bonds is 5. The topological polar surface area (TPSA) is 87.0 Å². The number of hydrogen-bond donors (Lipinski definition) is 3. The van der Waals surface area contributed by atoms with Gasteiger partial charge in [0.1, 0.15) is 18.3 Å². The first-order valence-electron chi connectivity index (χ1n) is 3.70. The summed E-state index contributed by atoms with van der Waals surface area (Å²) in [6.07, 6.45) is -4.41. The van der Waals surface area contributed by atoms with Crippen molar-refractivity contribution in [3.05, 3.63) is 0 Å². The molecule has 0 saturated heterocycles. The molecule has 0 heterocycles. The van der Waals surface area contributed by atoms with Crippen LogP contribution in [0.1, 0.15) is 1.37 Å². The van der Waals surface area contributed by atoms with Gasteiger partial charge in [0.2, 0.25) is 0 Å². The Labute approximate surface area is 65.6 Å². The van der Waals surface area contributed by atoms with E-state index in [0.717, 1.165) is 0 Å². The molecule has 0 unspecified atom stereocenters. The third-order valence-electron chi connectivity index (χ3n) is 1.17. The van der Waals surface area contributed by atoms with Gasteiger partial charge in [0.15, 0.2) is 6.29 Å². The maximum atomic E-state index is 9.93. The van der Waals surface area contributed by atoms with E-state index in [1.807, 2.05) is 0 Å². The Morgan fingerprint density at radius 1 is 1.64 bits per heavy atom. The van der Waals surface area contributed by atoms with Crippen molar-refractivity contribution in [2.24, 2.45) is 0 Å². The van der Waals surface area contributed by atoms with E-state index in [2.05, 4.69) is 4.74 Å². The maximum Gasteiger partial charge on any atom is 0.151 e. The molecule has 3 atom stereocenters. The van der Waals surface area contributed by atoms with Crippen molar-refractivity contribution in [2.75, 3.05) is 13.7 Å². The van der Waals surface area contributed by atoms with Gasteiger partial charge in [0.05, 0.1) is 7.98 Å². The lowest BCUT2D eigenvalue weighted by Crippen LogP contribution is -2.40. The molecule has 0 aromatic rings. The standard InChI is InChI=1S/C6H12O5/c1-11-3-5(9)6(10)4(8)2-7/h2,4-6,8-10H,3H2,1H3/t4-,5+,6+/m0/s1/i1D. The van der Waals surface area contributed by atoms with Crippen molar-refractivity contribution in [3.8, 4) is 0 Å². The molecule has 0 rings (SSSR count). The third-order valence-corrected chi connectivity index (χ3v) is 1.17. The highest BCUT2D eigenvalue weighted by Gasteiger charge is 2.23. The van der Waals surface area contributed by atoms with Gasteiger partial charge in [0, 0.05) is 7.09 Å².